The number of aromatic nitrogens is 3. The number of carbonyl (C=O) groups excluding carboxylic acids is 2. The fraction of sp³-hybridized carbons (Fsp3) is 0.474. The molecule has 0 radical (unpaired) electrons. The van der Waals surface area contributed by atoms with E-state index in [9.17, 15) is 32.4 Å². The van der Waals surface area contributed by atoms with Crippen LogP contribution in [0.15, 0.2) is 23.3 Å². The zero-order chi connectivity index (χ0) is 23.1. The smallest absolute Gasteiger partial charge is 0.296 e. The first kappa shape index (κ1) is 22.5. The third-order valence-corrected chi connectivity index (χ3v) is 5.15. The molecule has 2 amide bonds. The quantitative estimate of drug-likeness (QED) is 0.546. The number of rotatable bonds is 5. The van der Waals surface area contributed by atoms with Gasteiger partial charge in [0.2, 0.25) is 5.92 Å². The first-order chi connectivity index (χ1) is 14.3. The van der Waals surface area contributed by atoms with Crippen LogP contribution in [-0.4, -0.2) is 37.5 Å². The minimum absolute atomic E-state index is 0.0616. The molecule has 1 atom stereocenters. The molecule has 2 heterocycles. The van der Waals surface area contributed by atoms with Crippen molar-refractivity contribution in [2.45, 2.75) is 51.5 Å². The summed E-state index contributed by atoms with van der Waals surface area (Å²) in [6.45, 7) is 1.77. The molecule has 2 aromatic rings. The molecule has 0 bridgehead atoms. The van der Waals surface area contributed by atoms with E-state index in [1.54, 1.807) is 0 Å². The molecule has 3 rings (SSSR count). The summed E-state index contributed by atoms with van der Waals surface area (Å²) >= 11 is 0. The Bertz CT molecular complexity index is 1100. The molecule has 31 heavy (non-hydrogen) atoms. The number of carbonyl (C=O) groups is 2. The van der Waals surface area contributed by atoms with Crippen LogP contribution in [0.1, 0.15) is 58.4 Å². The van der Waals surface area contributed by atoms with Crippen LogP contribution in [0.3, 0.4) is 0 Å². The third kappa shape index (κ3) is 4.78. The van der Waals surface area contributed by atoms with Gasteiger partial charge in [-0.25, -0.2) is 13.8 Å². The van der Waals surface area contributed by atoms with Gasteiger partial charge in [-0.15, -0.1) is 0 Å². The molecular formula is C19H21F4N5O3. The van der Waals surface area contributed by atoms with Crippen LogP contribution in [0.2, 0.25) is 0 Å². The number of primary amides is 1. The number of hydrogen-bond acceptors (Lipinski definition) is 4. The molecule has 1 aliphatic carbocycles. The predicted octanol–water partition coefficient (Wildman–Crippen LogP) is 2.62. The van der Waals surface area contributed by atoms with Gasteiger partial charge < -0.3 is 10.9 Å². The second kappa shape index (κ2) is 7.82. The lowest BCUT2D eigenvalue weighted by Gasteiger charge is -2.12. The van der Waals surface area contributed by atoms with Crippen LogP contribution in [-0.2, 0) is 12.5 Å². The van der Waals surface area contributed by atoms with E-state index >= 15 is 0 Å². The first-order valence-corrected chi connectivity index (χ1v) is 9.43. The maximum atomic E-state index is 14.0. The Morgan fingerprint density at radius 2 is 2.10 bits per heavy atom. The third-order valence-electron chi connectivity index (χ3n) is 5.15. The molecular weight excluding hydrogens is 422 g/mol. The van der Waals surface area contributed by atoms with Gasteiger partial charge in [0.05, 0.1) is 5.36 Å². The molecule has 1 fully saturated rings. The van der Waals surface area contributed by atoms with Crippen molar-refractivity contribution in [3.8, 4) is 0 Å². The van der Waals surface area contributed by atoms with Crippen molar-refractivity contribution in [2.75, 3.05) is 0 Å². The Morgan fingerprint density at radius 3 is 2.65 bits per heavy atom. The molecule has 0 spiro atoms. The second-order valence-corrected chi connectivity index (χ2v) is 7.75. The minimum atomic E-state index is -3.36. The van der Waals surface area contributed by atoms with Crippen LogP contribution in [0.25, 0.3) is 0 Å². The summed E-state index contributed by atoms with van der Waals surface area (Å²) in [6.07, 6.45) is 0.462. The zero-order valence-corrected chi connectivity index (χ0v) is 16.8. The summed E-state index contributed by atoms with van der Waals surface area (Å²) in [5.41, 5.74) is 3.76. The van der Waals surface area contributed by atoms with Gasteiger partial charge >= 0.3 is 0 Å². The zero-order valence-electron chi connectivity index (χ0n) is 16.8. The fourth-order valence-electron chi connectivity index (χ4n) is 3.72. The van der Waals surface area contributed by atoms with Crippen LogP contribution in [0.4, 0.5) is 17.6 Å². The standard InChI is InChI=1S/C19H21F4N5O3/c1-10-14(17(30)25-12-4-6-28(31)13(7-12)16(24)29)27(26-15(10)18(2,20)21)9-11-3-5-19(22,23)8-11/h4,6-7,11,31H,3,5,8-9H2,1-2H3,(H2,24,29)/t11-/m1/s1. The van der Waals surface area contributed by atoms with Gasteiger partial charge in [-0.1, -0.05) is 0 Å². The number of nitrogens with two attached hydrogens (primary N) is 1. The largest absolute Gasteiger partial charge is 0.428 e. The molecule has 0 saturated heterocycles. The van der Waals surface area contributed by atoms with E-state index in [0.29, 0.717) is 11.7 Å². The maximum absolute atomic E-state index is 14.0. The van der Waals surface area contributed by atoms with E-state index in [4.69, 9.17) is 5.73 Å². The Morgan fingerprint density at radius 1 is 1.42 bits per heavy atom. The summed E-state index contributed by atoms with van der Waals surface area (Å²) in [6, 6.07) is 2.25. The highest BCUT2D eigenvalue weighted by Crippen LogP contribution is 2.40. The van der Waals surface area contributed by atoms with E-state index in [0.717, 1.165) is 16.9 Å². The summed E-state index contributed by atoms with van der Waals surface area (Å²) in [4.78, 5) is 28.0. The van der Waals surface area contributed by atoms with Crippen molar-refractivity contribution in [1.82, 2.24) is 14.5 Å². The lowest BCUT2D eigenvalue weighted by atomic mass is 10.1. The average molecular weight is 443 g/mol. The number of pyridine rings is 1. The number of halogens is 4. The lowest BCUT2D eigenvalue weighted by Crippen LogP contribution is -2.22. The highest BCUT2D eigenvalue weighted by molar-refractivity contribution is 5.95. The van der Waals surface area contributed by atoms with E-state index in [1.165, 1.54) is 13.0 Å². The van der Waals surface area contributed by atoms with Gasteiger partial charge in [-0.05, 0) is 31.4 Å². The summed E-state index contributed by atoms with van der Waals surface area (Å²) in [5, 5.41) is 13.3. The number of nitrogens with zero attached hydrogens (tertiary/aromatic N) is 4. The van der Waals surface area contributed by atoms with Crippen LogP contribution in [0, 0.1) is 12.8 Å². The molecule has 2 aromatic heterocycles. The van der Waals surface area contributed by atoms with Crippen LogP contribution in [0.5, 0.6) is 0 Å². The highest BCUT2D eigenvalue weighted by Gasteiger charge is 2.41. The van der Waals surface area contributed by atoms with Crippen molar-refractivity contribution in [1.29, 1.82) is 0 Å². The second-order valence-electron chi connectivity index (χ2n) is 7.75. The van der Waals surface area contributed by atoms with Gasteiger partial charge in [0.15, 0.2) is 0 Å². The van der Waals surface area contributed by atoms with Crippen molar-refractivity contribution < 1.29 is 32.4 Å². The number of amides is 2. The fourth-order valence-corrected chi connectivity index (χ4v) is 3.72. The molecule has 3 N–H and O–H groups in total. The SMILES string of the molecule is Cc1c(C(C)(F)F)nn(C[C@@H]2CCC(F)(F)C2)c1C(=O)N=c1ccn(O)c(C(N)=O)c1. The van der Waals surface area contributed by atoms with Gasteiger partial charge in [0.1, 0.15) is 17.1 Å². The average Bonchev–Trinajstić information content (AvgIpc) is 3.15. The van der Waals surface area contributed by atoms with Crippen LogP contribution >= 0.6 is 0 Å². The Hall–Kier alpha value is -3.18. The molecule has 0 aromatic carbocycles. The normalized spacial score (nSPS) is 19.0. The molecule has 12 heteroatoms. The Balaban J connectivity index is 2.04. The topological polar surface area (TPSA) is 116 Å². The lowest BCUT2D eigenvalue weighted by molar-refractivity contribution is 0.00344. The van der Waals surface area contributed by atoms with Gasteiger partial charge in [-0.3, -0.25) is 14.3 Å². The summed E-state index contributed by atoms with van der Waals surface area (Å²) in [5.74, 6) is -8.67. The molecule has 0 aliphatic heterocycles. The van der Waals surface area contributed by atoms with Crippen molar-refractivity contribution >= 4 is 11.8 Å². The van der Waals surface area contributed by atoms with E-state index in [1.807, 2.05) is 0 Å². The molecule has 8 nitrogen and oxygen atoms in total. The summed E-state index contributed by atoms with van der Waals surface area (Å²) in [7, 11) is 0. The van der Waals surface area contributed by atoms with Crippen LogP contribution < -0.4 is 11.1 Å². The Kier molecular flexibility index (Phi) is 5.68. The maximum Gasteiger partial charge on any atom is 0.296 e. The predicted molar refractivity (Wildman–Crippen MR) is 98.8 cm³/mol. The Labute approximate surface area is 174 Å². The molecule has 1 aliphatic rings. The highest BCUT2D eigenvalue weighted by atomic mass is 19.3. The van der Waals surface area contributed by atoms with Gasteiger partial charge in [0, 0.05) is 38.1 Å². The van der Waals surface area contributed by atoms with Gasteiger partial charge in [-0.2, -0.15) is 18.6 Å². The van der Waals surface area contributed by atoms with E-state index in [2.05, 4.69) is 10.1 Å². The molecule has 168 valence electrons. The molecule has 0 unspecified atom stereocenters. The first-order valence-electron chi connectivity index (χ1n) is 9.43. The van der Waals surface area contributed by atoms with Gasteiger partial charge in [0.25, 0.3) is 17.7 Å². The van der Waals surface area contributed by atoms with E-state index < -0.39 is 41.7 Å². The molecule has 1 saturated carbocycles. The van der Waals surface area contributed by atoms with Crippen molar-refractivity contribution in [3.05, 3.63) is 46.3 Å². The summed E-state index contributed by atoms with van der Waals surface area (Å²) < 4.78 is 56.6. The number of alkyl halides is 4. The van der Waals surface area contributed by atoms with Crippen molar-refractivity contribution in [3.63, 3.8) is 0 Å². The minimum Gasteiger partial charge on any atom is -0.428 e. The monoisotopic (exact) mass is 443 g/mol. The number of hydrogen-bond donors (Lipinski definition) is 2. The van der Waals surface area contributed by atoms with E-state index in [-0.39, 0.29) is 41.7 Å². The van der Waals surface area contributed by atoms with Crippen molar-refractivity contribution in [2.24, 2.45) is 16.6 Å².